The van der Waals surface area contributed by atoms with Gasteiger partial charge in [0.25, 0.3) is 5.91 Å². The molecule has 1 N–H and O–H groups in total. The molecule has 2 aromatic rings. The molecule has 0 radical (unpaired) electrons. The Hall–Kier alpha value is -2.62. The zero-order chi connectivity index (χ0) is 15.1. The van der Waals surface area contributed by atoms with Gasteiger partial charge in [0.1, 0.15) is 5.69 Å². The van der Waals surface area contributed by atoms with E-state index in [0.717, 1.165) is 11.4 Å². The number of rotatable bonds is 6. The molecule has 1 aromatic heterocycles. The lowest BCUT2D eigenvalue weighted by molar-refractivity contribution is 0.0983. The van der Waals surface area contributed by atoms with Gasteiger partial charge in [0.2, 0.25) is 0 Å². The number of hydrogen-bond donors (Lipinski definition) is 1. The lowest BCUT2D eigenvalue weighted by Crippen LogP contribution is -2.31. The van der Waals surface area contributed by atoms with E-state index in [4.69, 9.17) is 0 Å². The number of para-hydroxylation sites is 1. The summed E-state index contributed by atoms with van der Waals surface area (Å²) >= 11 is 0. The van der Waals surface area contributed by atoms with Crippen molar-refractivity contribution in [2.75, 3.05) is 23.3 Å². The number of carbonyl (C=O) groups is 1. The van der Waals surface area contributed by atoms with Gasteiger partial charge in [-0.1, -0.05) is 24.3 Å². The number of carbonyl (C=O) groups excluding carboxylic acids is 1. The number of amides is 1. The number of nitrogens with one attached hydrogen (secondary N) is 1. The van der Waals surface area contributed by atoms with Crippen LogP contribution in [0.25, 0.3) is 0 Å². The first-order valence-corrected chi connectivity index (χ1v) is 6.94. The van der Waals surface area contributed by atoms with Crippen LogP contribution in [-0.2, 0) is 0 Å². The average molecular weight is 281 g/mol. The molecule has 1 amide bonds. The zero-order valence-electron chi connectivity index (χ0n) is 12.1. The molecule has 0 unspecified atom stereocenters. The van der Waals surface area contributed by atoms with Gasteiger partial charge in [-0.15, -0.1) is 6.58 Å². The fraction of sp³-hybridized carbons (Fsp3) is 0.176. The molecule has 1 heterocycles. The molecule has 0 bridgehead atoms. The number of pyridine rings is 1. The molecule has 21 heavy (non-hydrogen) atoms. The van der Waals surface area contributed by atoms with E-state index < -0.39 is 0 Å². The van der Waals surface area contributed by atoms with Crippen LogP contribution in [0.1, 0.15) is 17.4 Å². The third-order valence-corrected chi connectivity index (χ3v) is 3.06. The van der Waals surface area contributed by atoms with Crippen molar-refractivity contribution in [1.82, 2.24) is 4.98 Å². The summed E-state index contributed by atoms with van der Waals surface area (Å²) in [5.74, 6) is -0.106. The van der Waals surface area contributed by atoms with E-state index in [1.54, 1.807) is 23.2 Å². The number of nitrogens with zero attached hydrogens (tertiary/aromatic N) is 2. The largest absolute Gasteiger partial charge is 0.381 e. The molecular weight excluding hydrogens is 262 g/mol. The van der Waals surface area contributed by atoms with E-state index in [9.17, 15) is 4.79 Å². The van der Waals surface area contributed by atoms with Gasteiger partial charge in [0.15, 0.2) is 0 Å². The Morgan fingerprint density at radius 3 is 2.76 bits per heavy atom. The van der Waals surface area contributed by atoms with Crippen LogP contribution in [-0.4, -0.2) is 24.0 Å². The second-order valence-corrected chi connectivity index (χ2v) is 4.48. The summed E-state index contributed by atoms with van der Waals surface area (Å²) < 4.78 is 0. The third-order valence-electron chi connectivity index (χ3n) is 3.06. The van der Waals surface area contributed by atoms with Crippen molar-refractivity contribution in [2.45, 2.75) is 6.92 Å². The lowest BCUT2D eigenvalue weighted by Gasteiger charge is -2.20. The molecular formula is C17H19N3O. The molecule has 0 saturated heterocycles. The van der Waals surface area contributed by atoms with Gasteiger partial charge < -0.3 is 10.2 Å². The number of hydrogen-bond acceptors (Lipinski definition) is 3. The van der Waals surface area contributed by atoms with E-state index in [2.05, 4.69) is 16.9 Å². The minimum Gasteiger partial charge on any atom is -0.381 e. The zero-order valence-corrected chi connectivity index (χ0v) is 12.1. The van der Waals surface area contributed by atoms with Crippen LogP contribution >= 0.6 is 0 Å². The SMILES string of the molecule is C=CCNc1ccnc(C(=O)N(CC)c2ccccc2)c1. The molecule has 0 saturated carbocycles. The Morgan fingerprint density at radius 1 is 1.33 bits per heavy atom. The van der Waals surface area contributed by atoms with Crippen molar-refractivity contribution in [1.29, 1.82) is 0 Å². The van der Waals surface area contributed by atoms with Crippen LogP contribution < -0.4 is 10.2 Å². The molecule has 0 spiro atoms. The van der Waals surface area contributed by atoms with Crippen LogP contribution in [0, 0.1) is 0 Å². The van der Waals surface area contributed by atoms with Crippen molar-refractivity contribution in [3.8, 4) is 0 Å². The first-order chi connectivity index (χ1) is 10.3. The van der Waals surface area contributed by atoms with Gasteiger partial charge in [-0.05, 0) is 31.2 Å². The Bertz CT molecular complexity index is 610. The summed E-state index contributed by atoms with van der Waals surface area (Å²) in [4.78, 5) is 18.5. The molecule has 0 aliphatic heterocycles. The van der Waals surface area contributed by atoms with Gasteiger partial charge >= 0.3 is 0 Å². The summed E-state index contributed by atoms with van der Waals surface area (Å²) in [5.41, 5.74) is 2.16. The Morgan fingerprint density at radius 2 is 2.10 bits per heavy atom. The molecule has 2 rings (SSSR count). The average Bonchev–Trinajstić information content (AvgIpc) is 2.55. The minimum absolute atomic E-state index is 0.106. The van der Waals surface area contributed by atoms with Gasteiger partial charge in [-0.25, -0.2) is 0 Å². The topological polar surface area (TPSA) is 45.2 Å². The lowest BCUT2D eigenvalue weighted by atomic mass is 10.2. The summed E-state index contributed by atoms with van der Waals surface area (Å²) in [6.07, 6.45) is 3.40. The van der Waals surface area contributed by atoms with E-state index in [0.29, 0.717) is 18.8 Å². The normalized spacial score (nSPS) is 9.95. The monoisotopic (exact) mass is 281 g/mol. The maximum Gasteiger partial charge on any atom is 0.276 e. The van der Waals surface area contributed by atoms with Gasteiger partial charge in [-0.2, -0.15) is 0 Å². The summed E-state index contributed by atoms with van der Waals surface area (Å²) in [7, 11) is 0. The molecule has 0 aliphatic carbocycles. The summed E-state index contributed by atoms with van der Waals surface area (Å²) in [6, 6.07) is 13.2. The van der Waals surface area contributed by atoms with E-state index in [-0.39, 0.29) is 5.91 Å². The van der Waals surface area contributed by atoms with Crippen LogP contribution in [0.15, 0.2) is 61.3 Å². The number of aromatic nitrogens is 1. The molecule has 0 fully saturated rings. The molecule has 4 nitrogen and oxygen atoms in total. The van der Waals surface area contributed by atoms with E-state index in [1.165, 1.54) is 0 Å². The molecule has 0 aliphatic rings. The van der Waals surface area contributed by atoms with Crippen LogP contribution in [0.2, 0.25) is 0 Å². The number of anilines is 2. The van der Waals surface area contributed by atoms with Crippen molar-refractivity contribution in [3.63, 3.8) is 0 Å². The van der Waals surface area contributed by atoms with Crippen molar-refractivity contribution >= 4 is 17.3 Å². The number of benzene rings is 1. The second kappa shape index (κ2) is 7.24. The highest BCUT2D eigenvalue weighted by molar-refractivity contribution is 6.05. The molecule has 1 aromatic carbocycles. The van der Waals surface area contributed by atoms with Crippen molar-refractivity contribution in [3.05, 3.63) is 67.0 Å². The van der Waals surface area contributed by atoms with Gasteiger partial charge in [0.05, 0.1) is 0 Å². The third kappa shape index (κ3) is 3.69. The Labute approximate surface area is 125 Å². The van der Waals surface area contributed by atoms with Gasteiger partial charge in [0, 0.05) is 30.7 Å². The Balaban J connectivity index is 2.23. The predicted octanol–water partition coefficient (Wildman–Crippen LogP) is 3.35. The Kier molecular flexibility index (Phi) is 5.10. The molecule has 108 valence electrons. The van der Waals surface area contributed by atoms with Crippen LogP contribution in [0.5, 0.6) is 0 Å². The first kappa shape index (κ1) is 14.8. The quantitative estimate of drug-likeness (QED) is 0.826. The predicted molar refractivity (Wildman–Crippen MR) is 86.7 cm³/mol. The fourth-order valence-electron chi connectivity index (χ4n) is 2.04. The van der Waals surface area contributed by atoms with E-state index >= 15 is 0 Å². The van der Waals surface area contributed by atoms with Crippen molar-refractivity contribution in [2.24, 2.45) is 0 Å². The van der Waals surface area contributed by atoms with E-state index in [1.807, 2.05) is 43.3 Å². The van der Waals surface area contributed by atoms with Crippen LogP contribution in [0.3, 0.4) is 0 Å². The smallest absolute Gasteiger partial charge is 0.276 e. The fourth-order valence-corrected chi connectivity index (χ4v) is 2.04. The molecule has 4 heteroatoms. The minimum atomic E-state index is -0.106. The molecule has 0 atom stereocenters. The standard InChI is InChI=1S/C17H19N3O/c1-3-11-18-14-10-12-19-16(13-14)17(21)20(4-2)15-8-6-5-7-9-15/h3,5-10,12-13H,1,4,11H2,2H3,(H,18,19). The first-order valence-electron chi connectivity index (χ1n) is 6.94. The second-order valence-electron chi connectivity index (χ2n) is 4.48. The highest BCUT2D eigenvalue weighted by atomic mass is 16.2. The summed E-state index contributed by atoms with van der Waals surface area (Å²) in [6.45, 7) is 6.85. The highest BCUT2D eigenvalue weighted by Gasteiger charge is 2.17. The maximum atomic E-state index is 12.6. The van der Waals surface area contributed by atoms with Crippen molar-refractivity contribution < 1.29 is 4.79 Å². The van der Waals surface area contributed by atoms with Crippen LogP contribution in [0.4, 0.5) is 11.4 Å². The maximum absolute atomic E-state index is 12.6. The summed E-state index contributed by atoms with van der Waals surface area (Å²) in [5, 5.41) is 3.16. The highest BCUT2D eigenvalue weighted by Crippen LogP contribution is 2.17. The van der Waals surface area contributed by atoms with Gasteiger partial charge in [-0.3, -0.25) is 9.78 Å².